The lowest BCUT2D eigenvalue weighted by Crippen LogP contribution is -2.20. The SMILES string of the molecule is CCOc1cccc(O)c1C1(CN)CC1. The Morgan fingerprint density at radius 2 is 2.20 bits per heavy atom. The molecule has 3 heteroatoms. The predicted octanol–water partition coefficient (Wildman–Crippen LogP) is 1.78. The van der Waals surface area contributed by atoms with Crippen LogP contribution in [0.1, 0.15) is 25.3 Å². The highest BCUT2D eigenvalue weighted by Gasteiger charge is 2.46. The zero-order valence-electron chi connectivity index (χ0n) is 8.99. The molecule has 3 nitrogen and oxygen atoms in total. The number of aromatic hydroxyl groups is 1. The van der Waals surface area contributed by atoms with E-state index in [0.29, 0.717) is 18.9 Å². The molecule has 82 valence electrons. The van der Waals surface area contributed by atoms with Gasteiger partial charge in [-0.1, -0.05) is 6.07 Å². The predicted molar refractivity (Wildman–Crippen MR) is 59.2 cm³/mol. The number of benzene rings is 1. The van der Waals surface area contributed by atoms with E-state index in [-0.39, 0.29) is 5.41 Å². The molecule has 0 bridgehead atoms. The Balaban J connectivity index is 2.43. The van der Waals surface area contributed by atoms with Gasteiger partial charge in [0, 0.05) is 17.5 Å². The minimum Gasteiger partial charge on any atom is -0.508 e. The Bertz CT molecular complexity index is 359. The summed E-state index contributed by atoms with van der Waals surface area (Å²) >= 11 is 0. The van der Waals surface area contributed by atoms with Crippen LogP contribution in [0.2, 0.25) is 0 Å². The first-order valence-corrected chi connectivity index (χ1v) is 5.39. The monoisotopic (exact) mass is 207 g/mol. The molecule has 1 saturated carbocycles. The summed E-state index contributed by atoms with van der Waals surface area (Å²) in [5, 5.41) is 9.89. The molecular weight excluding hydrogens is 190 g/mol. The summed E-state index contributed by atoms with van der Waals surface area (Å²) in [6.45, 7) is 3.12. The van der Waals surface area contributed by atoms with Gasteiger partial charge in [0.1, 0.15) is 11.5 Å². The molecule has 0 unspecified atom stereocenters. The maximum absolute atomic E-state index is 9.89. The number of rotatable bonds is 4. The number of ether oxygens (including phenoxy) is 1. The zero-order chi connectivity index (χ0) is 10.9. The fraction of sp³-hybridized carbons (Fsp3) is 0.500. The summed E-state index contributed by atoms with van der Waals surface area (Å²) in [5.41, 5.74) is 6.63. The molecular formula is C12H17NO2. The molecule has 1 aliphatic carbocycles. The maximum atomic E-state index is 9.89. The Morgan fingerprint density at radius 3 is 2.73 bits per heavy atom. The number of hydrogen-bond acceptors (Lipinski definition) is 3. The molecule has 3 N–H and O–H groups in total. The van der Waals surface area contributed by atoms with E-state index < -0.39 is 0 Å². The summed E-state index contributed by atoms with van der Waals surface area (Å²) in [5.74, 6) is 1.09. The Hall–Kier alpha value is -1.22. The second-order valence-electron chi connectivity index (χ2n) is 4.07. The van der Waals surface area contributed by atoms with Gasteiger partial charge >= 0.3 is 0 Å². The van der Waals surface area contributed by atoms with Crippen molar-refractivity contribution in [3.8, 4) is 11.5 Å². The van der Waals surface area contributed by atoms with E-state index in [0.717, 1.165) is 24.2 Å². The van der Waals surface area contributed by atoms with Crippen molar-refractivity contribution in [3.63, 3.8) is 0 Å². The van der Waals surface area contributed by atoms with Crippen LogP contribution in [-0.4, -0.2) is 18.3 Å². The molecule has 1 aliphatic rings. The first-order valence-electron chi connectivity index (χ1n) is 5.39. The van der Waals surface area contributed by atoms with Gasteiger partial charge in [0.25, 0.3) is 0 Å². The minimum absolute atomic E-state index is 0.0319. The highest BCUT2D eigenvalue weighted by atomic mass is 16.5. The number of phenolic OH excluding ortho intramolecular Hbond substituents is 1. The van der Waals surface area contributed by atoms with Crippen molar-refractivity contribution in [2.24, 2.45) is 5.73 Å². The van der Waals surface area contributed by atoms with Gasteiger partial charge in [0.05, 0.1) is 6.61 Å². The Morgan fingerprint density at radius 1 is 1.47 bits per heavy atom. The Kier molecular flexibility index (Phi) is 2.57. The van der Waals surface area contributed by atoms with Gasteiger partial charge in [0.15, 0.2) is 0 Å². The van der Waals surface area contributed by atoms with E-state index in [1.807, 2.05) is 13.0 Å². The van der Waals surface area contributed by atoms with Crippen molar-refractivity contribution in [2.45, 2.75) is 25.2 Å². The first kappa shape index (κ1) is 10.3. The fourth-order valence-corrected chi connectivity index (χ4v) is 2.04. The lowest BCUT2D eigenvalue weighted by molar-refractivity contribution is 0.328. The van der Waals surface area contributed by atoms with Crippen molar-refractivity contribution in [2.75, 3.05) is 13.2 Å². The summed E-state index contributed by atoms with van der Waals surface area (Å²) in [4.78, 5) is 0. The molecule has 1 aromatic carbocycles. The van der Waals surface area contributed by atoms with Crippen molar-refractivity contribution in [1.82, 2.24) is 0 Å². The average Bonchev–Trinajstić information content (AvgIpc) is 2.99. The second kappa shape index (κ2) is 3.74. The topological polar surface area (TPSA) is 55.5 Å². The van der Waals surface area contributed by atoms with Gasteiger partial charge in [-0.25, -0.2) is 0 Å². The minimum atomic E-state index is -0.0319. The largest absolute Gasteiger partial charge is 0.508 e. The highest BCUT2D eigenvalue weighted by molar-refractivity contribution is 5.52. The second-order valence-corrected chi connectivity index (χ2v) is 4.07. The number of nitrogens with two attached hydrogens (primary N) is 1. The smallest absolute Gasteiger partial charge is 0.126 e. The molecule has 0 aliphatic heterocycles. The van der Waals surface area contributed by atoms with Crippen LogP contribution in [0.4, 0.5) is 0 Å². The zero-order valence-corrected chi connectivity index (χ0v) is 8.99. The quantitative estimate of drug-likeness (QED) is 0.791. The van der Waals surface area contributed by atoms with Gasteiger partial charge < -0.3 is 15.6 Å². The molecule has 1 fully saturated rings. The van der Waals surface area contributed by atoms with E-state index >= 15 is 0 Å². The molecule has 0 spiro atoms. The van der Waals surface area contributed by atoms with Gasteiger partial charge in [-0.3, -0.25) is 0 Å². The van der Waals surface area contributed by atoms with Gasteiger partial charge in [-0.05, 0) is 31.9 Å². The van der Waals surface area contributed by atoms with Crippen LogP contribution in [0.3, 0.4) is 0 Å². The third-order valence-corrected chi connectivity index (χ3v) is 3.08. The van der Waals surface area contributed by atoms with E-state index in [1.165, 1.54) is 0 Å². The number of hydrogen-bond donors (Lipinski definition) is 2. The third-order valence-electron chi connectivity index (χ3n) is 3.08. The van der Waals surface area contributed by atoms with Gasteiger partial charge in [-0.15, -0.1) is 0 Å². The lowest BCUT2D eigenvalue weighted by atomic mass is 9.94. The Labute approximate surface area is 89.9 Å². The molecule has 0 atom stereocenters. The van der Waals surface area contributed by atoms with Crippen LogP contribution in [0.15, 0.2) is 18.2 Å². The molecule has 0 aromatic heterocycles. The van der Waals surface area contributed by atoms with Crippen LogP contribution >= 0.6 is 0 Å². The highest BCUT2D eigenvalue weighted by Crippen LogP contribution is 2.53. The van der Waals surface area contributed by atoms with Crippen molar-refractivity contribution in [1.29, 1.82) is 0 Å². The van der Waals surface area contributed by atoms with E-state index in [9.17, 15) is 5.11 Å². The molecule has 0 heterocycles. The molecule has 2 rings (SSSR count). The molecule has 15 heavy (non-hydrogen) atoms. The van der Waals surface area contributed by atoms with E-state index in [2.05, 4.69) is 0 Å². The summed E-state index contributed by atoms with van der Waals surface area (Å²) in [7, 11) is 0. The molecule has 0 radical (unpaired) electrons. The first-order chi connectivity index (χ1) is 7.23. The van der Waals surface area contributed by atoms with Gasteiger partial charge in [-0.2, -0.15) is 0 Å². The number of phenols is 1. The van der Waals surface area contributed by atoms with E-state index in [4.69, 9.17) is 10.5 Å². The van der Waals surface area contributed by atoms with E-state index in [1.54, 1.807) is 12.1 Å². The molecule has 0 amide bonds. The van der Waals surface area contributed by atoms with Crippen molar-refractivity contribution >= 4 is 0 Å². The standard InChI is InChI=1S/C12H17NO2/c1-2-15-10-5-3-4-9(14)11(10)12(8-13)6-7-12/h3-5,14H,2,6-8,13H2,1H3. The van der Waals surface area contributed by atoms with Crippen LogP contribution in [0, 0.1) is 0 Å². The summed E-state index contributed by atoms with van der Waals surface area (Å²) in [6.07, 6.45) is 2.09. The van der Waals surface area contributed by atoms with Crippen molar-refractivity contribution < 1.29 is 9.84 Å². The van der Waals surface area contributed by atoms with Crippen molar-refractivity contribution in [3.05, 3.63) is 23.8 Å². The third kappa shape index (κ3) is 1.67. The van der Waals surface area contributed by atoms with Gasteiger partial charge in [0.2, 0.25) is 0 Å². The maximum Gasteiger partial charge on any atom is 0.126 e. The average molecular weight is 207 g/mol. The fourth-order valence-electron chi connectivity index (χ4n) is 2.04. The van der Waals surface area contributed by atoms with Crippen LogP contribution in [0.5, 0.6) is 11.5 Å². The molecule has 1 aromatic rings. The molecule has 0 saturated heterocycles. The van der Waals surface area contributed by atoms with Crippen LogP contribution in [-0.2, 0) is 5.41 Å². The normalized spacial score (nSPS) is 17.5. The van der Waals surface area contributed by atoms with Crippen LogP contribution in [0.25, 0.3) is 0 Å². The lowest BCUT2D eigenvalue weighted by Gasteiger charge is -2.18. The summed E-state index contributed by atoms with van der Waals surface area (Å²) in [6, 6.07) is 5.40. The van der Waals surface area contributed by atoms with Crippen LogP contribution < -0.4 is 10.5 Å². The summed E-state index contributed by atoms with van der Waals surface area (Å²) < 4.78 is 5.53.